The molecule has 1 fully saturated rings. The largest absolute Gasteiger partial charge is 0.370 e. The fraction of sp³-hybridized carbons (Fsp3) is 0.519. The van der Waals surface area contributed by atoms with Gasteiger partial charge in [0, 0.05) is 31.9 Å². The first-order valence-electron chi connectivity index (χ1n) is 12.5. The maximum Gasteiger partial charge on any atom is 0.251 e. The Morgan fingerprint density at radius 1 is 1.26 bits per heavy atom. The second-order valence-electron chi connectivity index (χ2n) is 9.64. The Labute approximate surface area is 203 Å². The van der Waals surface area contributed by atoms with E-state index in [2.05, 4.69) is 52.8 Å². The monoisotopic (exact) mass is 462 g/mol. The number of carbonyl (C=O) groups is 1. The van der Waals surface area contributed by atoms with Crippen molar-refractivity contribution in [3.05, 3.63) is 59.5 Å². The van der Waals surface area contributed by atoms with Gasteiger partial charge in [-0.3, -0.25) is 9.78 Å². The number of amides is 1. The molecule has 0 radical (unpaired) electrons. The fourth-order valence-corrected chi connectivity index (χ4v) is 4.97. The van der Waals surface area contributed by atoms with E-state index in [0.717, 1.165) is 66.6 Å². The summed E-state index contributed by atoms with van der Waals surface area (Å²) in [5, 5.41) is 4.67. The molecular formula is C27H38N6O. The highest BCUT2D eigenvalue weighted by Crippen LogP contribution is 2.26. The first-order chi connectivity index (χ1) is 16.3. The molecule has 0 spiro atoms. The quantitative estimate of drug-likeness (QED) is 0.581. The van der Waals surface area contributed by atoms with Crippen LogP contribution in [0.5, 0.6) is 0 Å². The zero-order valence-corrected chi connectivity index (χ0v) is 21.5. The van der Waals surface area contributed by atoms with E-state index in [1.165, 1.54) is 6.42 Å². The summed E-state index contributed by atoms with van der Waals surface area (Å²) >= 11 is 0. The lowest BCUT2D eigenvalue weighted by Crippen LogP contribution is -2.36. The van der Waals surface area contributed by atoms with Gasteiger partial charge in [0.2, 0.25) is 0 Å². The van der Waals surface area contributed by atoms with Gasteiger partial charge >= 0.3 is 0 Å². The van der Waals surface area contributed by atoms with E-state index >= 15 is 0 Å². The maximum absolute atomic E-state index is 13.3. The summed E-state index contributed by atoms with van der Waals surface area (Å²) in [6, 6.07) is 2.02. The van der Waals surface area contributed by atoms with E-state index in [-0.39, 0.29) is 11.9 Å². The van der Waals surface area contributed by atoms with Crippen molar-refractivity contribution in [3.63, 3.8) is 0 Å². The first-order valence-corrected chi connectivity index (χ1v) is 12.5. The number of allylic oxidation sites excluding steroid dienone is 2. The van der Waals surface area contributed by atoms with Crippen LogP contribution < -0.4 is 0 Å². The summed E-state index contributed by atoms with van der Waals surface area (Å²) in [5.41, 5.74) is 5.60. The summed E-state index contributed by atoms with van der Waals surface area (Å²) in [4.78, 5) is 24.6. The standard InChI is InChI=1S/C27H38N6O/c1-7-30(8-2)16-23-11-12-31(17-23)24-10-9-21(5)32(18-24)27(34)13-19(3)25-14-26-22(6)28-20(4)15-33(26)29-25/h9-10,13-15,18,21,23H,7-8,11-12,16-17H2,1-6H3/b19-13+/t21?,23-/m0/s1. The molecule has 2 aliphatic rings. The Hall–Kier alpha value is -2.93. The van der Waals surface area contributed by atoms with Crippen LogP contribution >= 0.6 is 0 Å². The molecule has 4 rings (SSSR count). The van der Waals surface area contributed by atoms with Gasteiger partial charge in [-0.25, -0.2) is 4.52 Å². The third-order valence-electron chi connectivity index (χ3n) is 7.08. The van der Waals surface area contributed by atoms with Crippen LogP contribution in [0.25, 0.3) is 11.1 Å². The van der Waals surface area contributed by atoms with Crippen molar-refractivity contribution in [3.8, 4) is 0 Å². The van der Waals surface area contributed by atoms with Crippen LogP contribution in [-0.4, -0.2) is 74.0 Å². The second-order valence-corrected chi connectivity index (χ2v) is 9.64. The highest BCUT2D eigenvalue weighted by molar-refractivity contribution is 5.95. The van der Waals surface area contributed by atoms with Crippen LogP contribution in [0.15, 0.2) is 42.4 Å². The number of likely N-dealkylation sites (tertiary alicyclic amines) is 1. The average molecular weight is 463 g/mol. The number of fused-ring (bicyclic) bond motifs is 1. The SMILES string of the molecule is CCN(CC)C[C@@H]1CCN(C2=CN(C(=O)/C=C(\C)c3cc4c(C)nc(C)cn4n3)C(C)C=C2)C1. The van der Waals surface area contributed by atoms with Gasteiger partial charge in [0.15, 0.2) is 0 Å². The molecule has 2 aromatic heterocycles. The van der Waals surface area contributed by atoms with Crippen molar-refractivity contribution in [1.82, 2.24) is 29.3 Å². The second kappa shape index (κ2) is 10.1. The zero-order valence-electron chi connectivity index (χ0n) is 21.5. The van der Waals surface area contributed by atoms with Gasteiger partial charge in [-0.15, -0.1) is 0 Å². The molecule has 34 heavy (non-hydrogen) atoms. The van der Waals surface area contributed by atoms with Gasteiger partial charge in [0.25, 0.3) is 5.91 Å². The topological polar surface area (TPSA) is 57.0 Å². The molecule has 1 unspecified atom stereocenters. The summed E-state index contributed by atoms with van der Waals surface area (Å²) in [7, 11) is 0. The molecule has 0 aliphatic carbocycles. The van der Waals surface area contributed by atoms with Crippen molar-refractivity contribution in [1.29, 1.82) is 0 Å². The smallest absolute Gasteiger partial charge is 0.251 e. The van der Waals surface area contributed by atoms with Gasteiger partial charge in [-0.2, -0.15) is 5.10 Å². The summed E-state index contributed by atoms with van der Waals surface area (Å²) in [5.74, 6) is 0.658. The van der Waals surface area contributed by atoms with Crippen LogP contribution in [0.2, 0.25) is 0 Å². The third-order valence-corrected chi connectivity index (χ3v) is 7.08. The van der Waals surface area contributed by atoms with E-state index in [0.29, 0.717) is 5.92 Å². The molecule has 1 amide bonds. The molecule has 2 aliphatic heterocycles. The Morgan fingerprint density at radius 3 is 2.76 bits per heavy atom. The van der Waals surface area contributed by atoms with E-state index in [4.69, 9.17) is 0 Å². The molecule has 0 aromatic carbocycles. The Bertz CT molecular complexity index is 1140. The predicted octanol–water partition coefficient (Wildman–Crippen LogP) is 4.04. The minimum absolute atomic E-state index is 0.0181. The molecule has 182 valence electrons. The van der Waals surface area contributed by atoms with Crippen molar-refractivity contribution < 1.29 is 4.79 Å². The van der Waals surface area contributed by atoms with E-state index in [1.54, 1.807) is 6.08 Å². The average Bonchev–Trinajstić information content (AvgIpc) is 3.45. The molecular weight excluding hydrogens is 424 g/mol. The van der Waals surface area contributed by atoms with E-state index in [1.807, 2.05) is 48.6 Å². The van der Waals surface area contributed by atoms with Crippen LogP contribution in [-0.2, 0) is 4.79 Å². The van der Waals surface area contributed by atoms with Gasteiger partial charge < -0.3 is 14.7 Å². The van der Waals surface area contributed by atoms with Crippen LogP contribution in [0.1, 0.15) is 51.2 Å². The molecule has 2 atom stereocenters. The molecule has 2 aromatic rings. The van der Waals surface area contributed by atoms with Gasteiger partial charge in [-0.05, 0) is 70.8 Å². The molecule has 0 bridgehead atoms. The number of hydrogen-bond acceptors (Lipinski definition) is 5. The van der Waals surface area contributed by atoms with Crippen molar-refractivity contribution >= 4 is 17.0 Å². The fourth-order valence-electron chi connectivity index (χ4n) is 4.97. The zero-order chi connectivity index (χ0) is 24.4. The van der Waals surface area contributed by atoms with Gasteiger partial charge in [0.1, 0.15) is 0 Å². The molecule has 0 N–H and O–H groups in total. The number of carbonyl (C=O) groups excluding carboxylic acids is 1. The molecule has 7 nitrogen and oxygen atoms in total. The Balaban J connectivity index is 1.49. The van der Waals surface area contributed by atoms with E-state index < -0.39 is 0 Å². The van der Waals surface area contributed by atoms with Crippen molar-refractivity contribution in [2.45, 2.75) is 54.0 Å². The van der Waals surface area contributed by atoms with Crippen molar-refractivity contribution in [2.24, 2.45) is 5.92 Å². The third kappa shape index (κ3) is 5.09. The summed E-state index contributed by atoms with van der Waals surface area (Å²) in [6.45, 7) is 17.8. The van der Waals surface area contributed by atoms with Crippen molar-refractivity contribution in [2.75, 3.05) is 32.7 Å². The lowest BCUT2D eigenvalue weighted by Gasteiger charge is -2.31. The molecule has 0 saturated carbocycles. The van der Waals surface area contributed by atoms with Crippen LogP contribution in [0.4, 0.5) is 0 Å². The highest BCUT2D eigenvalue weighted by Gasteiger charge is 2.27. The number of nitrogens with zero attached hydrogens (tertiary/aromatic N) is 6. The maximum atomic E-state index is 13.3. The number of rotatable bonds is 7. The number of aryl methyl sites for hydroxylation is 2. The first kappa shape index (κ1) is 24.2. The van der Waals surface area contributed by atoms with Crippen LogP contribution in [0, 0.1) is 19.8 Å². The highest BCUT2D eigenvalue weighted by atomic mass is 16.2. The van der Waals surface area contributed by atoms with Gasteiger partial charge in [-0.1, -0.05) is 19.9 Å². The van der Waals surface area contributed by atoms with E-state index in [9.17, 15) is 4.79 Å². The summed E-state index contributed by atoms with van der Waals surface area (Å²) < 4.78 is 1.85. The lowest BCUT2D eigenvalue weighted by atomic mass is 10.1. The lowest BCUT2D eigenvalue weighted by molar-refractivity contribution is -0.124. The molecule has 1 saturated heterocycles. The minimum Gasteiger partial charge on any atom is -0.370 e. The van der Waals surface area contributed by atoms with Crippen LogP contribution in [0.3, 0.4) is 0 Å². The van der Waals surface area contributed by atoms with Gasteiger partial charge in [0.05, 0.1) is 40.5 Å². The molecule has 4 heterocycles. The number of aromatic nitrogens is 3. The number of hydrogen-bond donors (Lipinski definition) is 0. The Kier molecular flexibility index (Phi) is 7.22. The predicted molar refractivity (Wildman–Crippen MR) is 137 cm³/mol. The minimum atomic E-state index is -0.0196. The normalized spacial score (nSPS) is 21.1. The summed E-state index contributed by atoms with van der Waals surface area (Å²) in [6.07, 6.45) is 11.1. The Morgan fingerprint density at radius 2 is 2.03 bits per heavy atom. The molecule has 7 heteroatoms.